The first kappa shape index (κ1) is 29.4. The van der Waals surface area contributed by atoms with E-state index in [1.165, 1.54) is 10.2 Å². The van der Waals surface area contributed by atoms with Crippen LogP contribution in [0.5, 0.6) is 23.1 Å². The molecule has 1 aromatic heterocycles. The quantitative estimate of drug-likeness (QED) is 0.214. The molecule has 5 rings (SSSR count). The lowest BCUT2D eigenvalue weighted by molar-refractivity contribution is 0.0687. The largest absolute Gasteiger partial charge is 0.497 e. The molecule has 1 fully saturated rings. The first-order valence-corrected chi connectivity index (χ1v) is 14.2. The van der Waals surface area contributed by atoms with E-state index in [2.05, 4.69) is 32.2 Å². The van der Waals surface area contributed by atoms with Gasteiger partial charge < -0.3 is 24.2 Å². The van der Waals surface area contributed by atoms with E-state index >= 15 is 0 Å². The predicted octanol–water partition coefficient (Wildman–Crippen LogP) is 5.07. The van der Waals surface area contributed by atoms with Crippen LogP contribution in [0.3, 0.4) is 0 Å². The Morgan fingerprint density at radius 1 is 0.881 bits per heavy atom. The summed E-state index contributed by atoms with van der Waals surface area (Å²) in [5.41, 5.74) is 1.91. The van der Waals surface area contributed by atoms with E-state index in [0.717, 1.165) is 62.0 Å². The van der Waals surface area contributed by atoms with Gasteiger partial charge in [-0.05, 0) is 53.9 Å². The van der Waals surface area contributed by atoms with Gasteiger partial charge in [-0.25, -0.2) is 9.48 Å². The molecule has 0 aliphatic carbocycles. The summed E-state index contributed by atoms with van der Waals surface area (Å²) in [4.78, 5) is 16.7. The van der Waals surface area contributed by atoms with Crippen LogP contribution in [0.2, 0.25) is 5.02 Å². The van der Waals surface area contributed by atoms with E-state index in [1.807, 2.05) is 48.5 Å². The van der Waals surface area contributed by atoms with Gasteiger partial charge in [-0.15, -0.1) is 5.10 Å². The minimum atomic E-state index is -1.22. The number of halogens is 1. The van der Waals surface area contributed by atoms with Gasteiger partial charge in [0.05, 0.1) is 20.3 Å². The highest BCUT2D eigenvalue weighted by Gasteiger charge is 2.22. The van der Waals surface area contributed by atoms with Crippen molar-refractivity contribution in [3.8, 4) is 23.1 Å². The minimum Gasteiger partial charge on any atom is -0.497 e. The van der Waals surface area contributed by atoms with Gasteiger partial charge in [-0.1, -0.05) is 47.1 Å². The number of ether oxygens (including phenoxy) is 3. The van der Waals surface area contributed by atoms with Gasteiger partial charge in [0.25, 0.3) is 5.88 Å². The molecule has 0 amide bonds. The molecular formula is C31H34ClN5O5. The van der Waals surface area contributed by atoms with Gasteiger partial charge in [0.1, 0.15) is 17.2 Å². The molecule has 3 aromatic carbocycles. The zero-order valence-electron chi connectivity index (χ0n) is 23.5. The molecular weight excluding hydrogens is 558 g/mol. The summed E-state index contributed by atoms with van der Waals surface area (Å²) in [6.07, 6.45) is 0.893. The van der Waals surface area contributed by atoms with Gasteiger partial charge in [0.2, 0.25) is 5.69 Å². The fourth-order valence-corrected chi connectivity index (χ4v) is 4.91. The fourth-order valence-electron chi connectivity index (χ4n) is 4.78. The van der Waals surface area contributed by atoms with Crippen LogP contribution in [0.15, 0.2) is 72.8 Å². The summed E-state index contributed by atoms with van der Waals surface area (Å²) >= 11 is 6.00. The van der Waals surface area contributed by atoms with E-state index < -0.39 is 5.97 Å². The lowest BCUT2D eigenvalue weighted by Gasteiger charge is -2.34. The van der Waals surface area contributed by atoms with E-state index in [1.54, 1.807) is 19.2 Å². The maximum atomic E-state index is 11.8. The second-order valence-corrected chi connectivity index (χ2v) is 10.5. The molecule has 4 aromatic rings. The minimum absolute atomic E-state index is 0.0469. The number of piperazine rings is 1. The predicted molar refractivity (Wildman–Crippen MR) is 159 cm³/mol. The molecule has 0 unspecified atom stereocenters. The van der Waals surface area contributed by atoms with Crippen molar-refractivity contribution in [2.24, 2.45) is 0 Å². The Morgan fingerprint density at radius 3 is 2.26 bits per heavy atom. The number of nitrogens with zero attached hydrogens (tertiary/aromatic N) is 5. The molecule has 0 bridgehead atoms. The highest BCUT2D eigenvalue weighted by Crippen LogP contribution is 2.28. The number of benzene rings is 3. The highest BCUT2D eigenvalue weighted by atomic mass is 35.5. The number of carbonyl (C=O) groups is 1. The van der Waals surface area contributed by atoms with Crippen LogP contribution in [0.25, 0.3) is 0 Å². The number of aromatic carboxylic acids is 1. The third-order valence-electron chi connectivity index (χ3n) is 7.08. The normalized spacial score (nSPS) is 14.0. The molecule has 220 valence electrons. The summed E-state index contributed by atoms with van der Waals surface area (Å²) in [7, 11) is 1.60. The Kier molecular flexibility index (Phi) is 9.91. The van der Waals surface area contributed by atoms with Gasteiger partial charge in [0, 0.05) is 50.4 Å². The lowest BCUT2D eigenvalue weighted by atomic mass is 10.2. The van der Waals surface area contributed by atoms with Crippen molar-refractivity contribution in [2.45, 2.75) is 19.5 Å². The molecule has 2 heterocycles. The van der Waals surface area contributed by atoms with Gasteiger partial charge in [-0.3, -0.25) is 4.90 Å². The summed E-state index contributed by atoms with van der Waals surface area (Å²) in [6.45, 7) is 6.87. The topological polar surface area (TPSA) is 102 Å². The molecule has 0 saturated carbocycles. The van der Waals surface area contributed by atoms with Gasteiger partial charge in [-0.2, -0.15) is 0 Å². The van der Waals surface area contributed by atoms with Crippen molar-refractivity contribution >= 4 is 17.6 Å². The Labute approximate surface area is 250 Å². The standard InChI is InChI=1S/C31H34ClN5O5/c1-40-26-12-8-24(9-13-26)22-37-30(29(31(38)39)33-34-37)42-28-5-2-4-27(20-28)41-19-3-14-35-15-17-36(18-16-35)21-23-6-10-25(32)11-7-23/h2,4-13,20H,3,14-19,21-22H2,1H3,(H,38,39). The molecule has 0 radical (unpaired) electrons. The van der Waals surface area contributed by atoms with Crippen LogP contribution in [0.1, 0.15) is 28.0 Å². The van der Waals surface area contributed by atoms with Crippen LogP contribution in [0, 0.1) is 0 Å². The monoisotopic (exact) mass is 591 g/mol. The summed E-state index contributed by atoms with van der Waals surface area (Å²) < 4.78 is 18.6. The molecule has 11 heteroatoms. The average molecular weight is 592 g/mol. The zero-order chi connectivity index (χ0) is 29.3. The number of rotatable bonds is 13. The van der Waals surface area contributed by atoms with Crippen molar-refractivity contribution in [1.29, 1.82) is 0 Å². The Balaban J connectivity index is 1.10. The average Bonchev–Trinajstić information content (AvgIpc) is 3.40. The van der Waals surface area contributed by atoms with Gasteiger partial charge in [0.15, 0.2) is 0 Å². The maximum absolute atomic E-state index is 11.8. The van der Waals surface area contributed by atoms with E-state index in [-0.39, 0.29) is 18.1 Å². The van der Waals surface area contributed by atoms with Crippen molar-refractivity contribution < 1.29 is 24.1 Å². The zero-order valence-corrected chi connectivity index (χ0v) is 24.2. The van der Waals surface area contributed by atoms with Crippen molar-refractivity contribution in [3.63, 3.8) is 0 Å². The second kappa shape index (κ2) is 14.2. The summed E-state index contributed by atoms with van der Waals surface area (Å²) in [5.74, 6) is 0.635. The second-order valence-electron chi connectivity index (χ2n) is 10.1. The van der Waals surface area contributed by atoms with Crippen molar-refractivity contribution in [2.75, 3.05) is 46.4 Å². The number of hydrogen-bond acceptors (Lipinski definition) is 8. The van der Waals surface area contributed by atoms with Crippen LogP contribution in [0.4, 0.5) is 0 Å². The summed E-state index contributed by atoms with van der Waals surface area (Å²) in [5, 5.41) is 18.2. The molecule has 1 aliphatic rings. The van der Waals surface area contributed by atoms with Crippen molar-refractivity contribution in [3.05, 3.63) is 94.6 Å². The Bertz CT molecular complexity index is 1450. The third kappa shape index (κ3) is 8.00. The maximum Gasteiger partial charge on any atom is 0.362 e. The molecule has 1 aliphatic heterocycles. The van der Waals surface area contributed by atoms with E-state index in [9.17, 15) is 9.90 Å². The number of carboxylic acids is 1. The molecule has 0 atom stereocenters. The molecule has 42 heavy (non-hydrogen) atoms. The number of carboxylic acid groups (broad SMARTS) is 1. The highest BCUT2D eigenvalue weighted by molar-refractivity contribution is 6.30. The smallest absolute Gasteiger partial charge is 0.362 e. The number of aromatic nitrogens is 3. The molecule has 0 spiro atoms. The number of hydrogen-bond donors (Lipinski definition) is 1. The van der Waals surface area contributed by atoms with E-state index in [0.29, 0.717) is 18.1 Å². The first-order valence-electron chi connectivity index (χ1n) is 13.9. The number of methoxy groups -OCH3 is 1. The van der Waals surface area contributed by atoms with Crippen molar-refractivity contribution in [1.82, 2.24) is 24.8 Å². The lowest BCUT2D eigenvalue weighted by Crippen LogP contribution is -2.46. The van der Waals surface area contributed by atoms with Crippen LogP contribution >= 0.6 is 11.6 Å². The Hall–Kier alpha value is -4.12. The molecule has 1 saturated heterocycles. The first-order chi connectivity index (χ1) is 20.5. The third-order valence-corrected chi connectivity index (χ3v) is 7.33. The fraction of sp³-hybridized carbons (Fsp3) is 0.323. The van der Waals surface area contributed by atoms with Crippen LogP contribution in [-0.4, -0.2) is 82.3 Å². The molecule has 1 N–H and O–H groups in total. The Morgan fingerprint density at radius 2 is 1.55 bits per heavy atom. The van der Waals surface area contributed by atoms with Crippen LogP contribution < -0.4 is 14.2 Å². The summed E-state index contributed by atoms with van der Waals surface area (Å²) in [6, 6.07) is 22.6. The van der Waals surface area contributed by atoms with Crippen LogP contribution in [-0.2, 0) is 13.1 Å². The van der Waals surface area contributed by atoms with Gasteiger partial charge >= 0.3 is 5.97 Å². The SMILES string of the molecule is COc1ccc(Cn2nnc(C(=O)O)c2Oc2cccc(OCCCN3CCN(Cc4ccc(Cl)cc4)CC3)c2)cc1. The van der Waals surface area contributed by atoms with E-state index in [4.69, 9.17) is 25.8 Å². The molecule has 10 nitrogen and oxygen atoms in total.